The molecule has 2 amide bonds. The van der Waals surface area contributed by atoms with Gasteiger partial charge in [-0.15, -0.1) is 0 Å². The molecule has 7 heteroatoms. The number of hydrogen-bond acceptors (Lipinski definition) is 3. The van der Waals surface area contributed by atoms with Gasteiger partial charge in [-0.3, -0.25) is 4.98 Å². The van der Waals surface area contributed by atoms with Gasteiger partial charge < -0.3 is 10.2 Å². The zero-order chi connectivity index (χ0) is 16.0. The highest BCUT2D eigenvalue weighted by atomic mass is 35.5. The lowest BCUT2D eigenvalue weighted by Crippen LogP contribution is -2.44. The van der Waals surface area contributed by atoms with Gasteiger partial charge in [-0.2, -0.15) is 4.39 Å². The van der Waals surface area contributed by atoms with Gasteiger partial charge in [0.05, 0.1) is 22.9 Å². The summed E-state index contributed by atoms with van der Waals surface area (Å²) in [6.07, 6.45) is 6.72. The van der Waals surface area contributed by atoms with Crippen molar-refractivity contribution >= 4 is 23.3 Å². The number of anilines is 1. The highest BCUT2D eigenvalue weighted by molar-refractivity contribution is 6.30. The highest BCUT2D eigenvalue weighted by Crippen LogP contribution is 2.44. The molecular formula is C16H14ClFN4O. The number of pyridine rings is 2. The van der Waals surface area contributed by atoms with E-state index in [1.807, 2.05) is 11.0 Å². The fourth-order valence-electron chi connectivity index (χ4n) is 3.59. The number of amides is 2. The van der Waals surface area contributed by atoms with Crippen LogP contribution in [0.5, 0.6) is 0 Å². The van der Waals surface area contributed by atoms with Crippen LogP contribution >= 0.6 is 11.6 Å². The summed E-state index contributed by atoms with van der Waals surface area (Å²) in [6, 6.07) is 3.15. The number of nitrogens with one attached hydrogen (secondary N) is 1. The Morgan fingerprint density at radius 1 is 1.39 bits per heavy atom. The lowest BCUT2D eigenvalue weighted by molar-refractivity contribution is 0.178. The molecule has 0 spiro atoms. The first-order valence-electron chi connectivity index (χ1n) is 7.46. The van der Waals surface area contributed by atoms with Crippen LogP contribution in [0.2, 0.25) is 5.02 Å². The minimum absolute atomic E-state index is 0.00153. The van der Waals surface area contributed by atoms with Gasteiger partial charge in [0.15, 0.2) is 0 Å². The van der Waals surface area contributed by atoms with Crippen LogP contribution < -0.4 is 5.32 Å². The van der Waals surface area contributed by atoms with Crippen molar-refractivity contribution in [2.45, 2.75) is 31.3 Å². The van der Waals surface area contributed by atoms with Gasteiger partial charge in [0, 0.05) is 24.0 Å². The predicted octanol–water partition coefficient (Wildman–Crippen LogP) is 3.56. The topological polar surface area (TPSA) is 58.1 Å². The second-order valence-electron chi connectivity index (χ2n) is 5.85. The zero-order valence-electron chi connectivity index (χ0n) is 12.2. The minimum atomic E-state index is -0.418. The van der Waals surface area contributed by atoms with E-state index in [0.29, 0.717) is 22.7 Å². The normalized spacial score (nSPS) is 21.9. The Bertz CT molecular complexity index is 784. The van der Waals surface area contributed by atoms with Crippen LogP contribution in [-0.2, 0) is 6.42 Å². The monoisotopic (exact) mass is 332 g/mol. The number of hydrogen-bond donors (Lipinski definition) is 1. The molecule has 4 heterocycles. The van der Waals surface area contributed by atoms with E-state index in [-0.39, 0.29) is 18.1 Å². The fourth-order valence-corrected chi connectivity index (χ4v) is 3.77. The molecular weight excluding hydrogens is 319 g/mol. The third kappa shape index (κ3) is 2.43. The van der Waals surface area contributed by atoms with Crippen LogP contribution in [0.3, 0.4) is 0 Å². The van der Waals surface area contributed by atoms with Crippen molar-refractivity contribution in [2.24, 2.45) is 0 Å². The molecule has 1 saturated heterocycles. The Morgan fingerprint density at radius 3 is 3.09 bits per heavy atom. The molecule has 118 valence electrons. The Morgan fingerprint density at radius 2 is 2.26 bits per heavy atom. The largest absolute Gasteiger partial charge is 0.322 e. The van der Waals surface area contributed by atoms with E-state index < -0.39 is 5.95 Å². The zero-order valence-corrected chi connectivity index (χ0v) is 12.9. The molecule has 2 aromatic rings. The Labute approximate surface area is 137 Å². The Hall–Kier alpha value is -2.21. The van der Waals surface area contributed by atoms with Gasteiger partial charge in [0.1, 0.15) is 0 Å². The molecule has 0 radical (unpaired) electrons. The predicted molar refractivity (Wildman–Crippen MR) is 83.8 cm³/mol. The van der Waals surface area contributed by atoms with E-state index in [9.17, 15) is 9.18 Å². The summed E-state index contributed by atoms with van der Waals surface area (Å²) >= 11 is 5.89. The maximum Gasteiger partial charge on any atom is 0.322 e. The number of urea groups is 1. The highest BCUT2D eigenvalue weighted by Gasteiger charge is 2.43. The third-order valence-electron chi connectivity index (χ3n) is 4.53. The van der Waals surface area contributed by atoms with E-state index in [0.717, 1.165) is 18.4 Å². The molecule has 0 aliphatic carbocycles. The van der Waals surface area contributed by atoms with Gasteiger partial charge in [-0.25, -0.2) is 9.78 Å². The van der Waals surface area contributed by atoms with E-state index in [4.69, 9.17) is 11.6 Å². The van der Waals surface area contributed by atoms with Gasteiger partial charge >= 0.3 is 6.03 Å². The van der Waals surface area contributed by atoms with Gasteiger partial charge in [0.25, 0.3) is 0 Å². The van der Waals surface area contributed by atoms with Crippen molar-refractivity contribution in [1.82, 2.24) is 14.9 Å². The molecule has 2 unspecified atom stereocenters. The molecule has 0 aromatic carbocycles. The lowest BCUT2D eigenvalue weighted by Gasteiger charge is -2.36. The van der Waals surface area contributed by atoms with Gasteiger partial charge in [0.2, 0.25) is 5.95 Å². The molecule has 2 bridgehead atoms. The molecule has 23 heavy (non-hydrogen) atoms. The maximum atomic E-state index is 13.9. The number of halogens is 2. The molecule has 4 rings (SSSR count). The summed E-state index contributed by atoms with van der Waals surface area (Å²) < 4.78 is 13.9. The number of carbonyl (C=O) groups is 1. The van der Waals surface area contributed by atoms with E-state index in [1.165, 1.54) is 12.4 Å². The van der Waals surface area contributed by atoms with Crippen molar-refractivity contribution in [3.8, 4) is 0 Å². The Balaban J connectivity index is 1.62. The molecule has 2 aliphatic heterocycles. The number of rotatable bonds is 1. The van der Waals surface area contributed by atoms with Crippen LogP contribution in [0.15, 0.2) is 30.7 Å². The first-order valence-corrected chi connectivity index (χ1v) is 7.84. The standard InChI is InChI=1S/C16H14ClFN4O/c17-9-5-10(8-19-7-9)21-16(23)22-11-1-2-14(22)12-3-4-20-15(18)13(12)6-11/h3-5,7-8,11,14H,1-2,6H2,(H,21,23). The first kappa shape index (κ1) is 14.4. The van der Waals surface area contributed by atoms with Crippen molar-refractivity contribution < 1.29 is 9.18 Å². The quantitative estimate of drug-likeness (QED) is 0.812. The van der Waals surface area contributed by atoms with Gasteiger partial charge in [-0.1, -0.05) is 11.6 Å². The average molecular weight is 333 g/mol. The van der Waals surface area contributed by atoms with Crippen LogP contribution in [0.4, 0.5) is 14.9 Å². The summed E-state index contributed by atoms with van der Waals surface area (Å²) in [7, 11) is 0. The first-order chi connectivity index (χ1) is 11.1. The van der Waals surface area contributed by atoms with E-state index >= 15 is 0 Å². The summed E-state index contributed by atoms with van der Waals surface area (Å²) in [4.78, 5) is 22.2. The summed E-state index contributed by atoms with van der Waals surface area (Å²) in [5.41, 5.74) is 2.06. The lowest BCUT2D eigenvalue weighted by atomic mass is 9.95. The number of nitrogens with zero attached hydrogens (tertiary/aromatic N) is 3. The SMILES string of the molecule is O=C(Nc1cncc(Cl)c1)N1C2CCC1c1ccnc(F)c1C2. The van der Waals surface area contributed by atoms with Crippen molar-refractivity contribution in [1.29, 1.82) is 0 Å². The van der Waals surface area contributed by atoms with Crippen LogP contribution in [0.25, 0.3) is 0 Å². The summed E-state index contributed by atoms with van der Waals surface area (Å²) in [5, 5.41) is 3.29. The van der Waals surface area contributed by atoms with Crippen molar-refractivity contribution in [3.05, 3.63) is 52.8 Å². The number of fused-ring (bicyclic) bond motifs is 4. The van der Waals surface area contributed by atoms with Crippen molar-refractivity contribution in [3.63, 3.8) is 0 Å². The molecule has 2 aliphatic rings. The van der Waals surface area contributed by atoms with Gasteiger partial charge in [-0.05, 0) is 37.0 Å². The number of carbonyl (C=O) groups excluding carboxylic acids is 1. The minimum Gasteiger partial charge on any atom is -0.314 e. The Kier molecular flexibility index (Phi) is 3.41. The molecule has 1 fully saturated rings. The molecule has 2 atom stereocenters. The summed E-state index contributed by atoms with van der Waals surface area (Å²) in [6.45, 7) is 0. The van der Waals surface area contributed by atoms with Crippen molar-refractivity contribution in [2.75, 3.05) is 5.32 Å². The molecule has 5 nitrogen and oxygen atoms in total. The maximum absolute atomic E-state index is 13.9. The molecule has 2 aromatic heterocycles. The number of aromatic nitrogens is 2. The van der Waals surface area contributed by atoms with Crippen LogP contribution in [0, 0.1) is 5.95 Å². The van der Waals surface area contributed by atoms with E-state index in [1.54, 1.807) is 12.3 Å². The molecule has 1 N–H and O–H groups in total. The van der Waals surface area contributed by atoms with Crippen LogP contribution in [-0.4, -0.2) is 26.9 Å². The second-order valence-corrected chi connectivity index (χ2v) is 6.29. The fraction of sp³-hybridized carbons (Fsp3) is 0.312. The third-order valence-corrected chi connectivity index (χ3v) is 4.74. The van der Waals surface area contributed by atoms with Crippen LogP contribution in [0.1, 0.15) is 30.0 Å². The van der Waals surface area contributed by atoms with E-state index in [2.05, 4.69) is 15.3 Å². The smallest absolute Gasteiger partial charge is 0.314 e. The summed E-state index contributed by atoms with van der Waals surface area (Å²) in [5.74, 6) is -0.418. The second kappa shape index (κ2) is 5.45. The molecule has 0 saturated carbocycles. The average Bonchev–Trinajstić information content (AvgIpc) is 2.84.